The van der Waals surface area contributed by atoms with Crippen molar-refractivity contribution in [3.63, 3.8) is 0 Å². The third kappa shape index (κ3) is 4.69. The summed E-state index contributed by atoms with van der Waals surface area (Å²) in [6, 6.07) is 8.52. The molecule has 2 amide bonds. The number of hydrogen-bond acceptors (Lipinski definition) is 4. The van der Waals surface area contributed by atoms with Crippen LogP contribution in [0, 0.1) is 0 Å². The zero-order valence-electron chi connectivity index (χ0n) is 10.7. The van der Waals surface area contributed by atoms with Crippen LogP contribution in [0.1, 0.15) is 17.3 Å². The maximum Gasteiger partial charge on any atom is 0.251 e. The molecule has 0 spiro atoms. The summed E-state index contributed by atoms with van der Waals surface area (Å²) in [6.07, 6.45) is 0. The molecule has 0 heterocycles. The van der Waals surface area contributed by atoms with E-state index in [9.17, 15) is 9.59 Å². The second kappa shape index (κ2) is 6.86. The minimum atomic E-state index is -1.09. The molecular formula is C13H18N2O4. The molecule has 1 aromatic rings. The third-order valence-electron chi connectivity index (χ3n) is 2.58. The maximum atomic E-state index is 11.7. The van der Waals surface area contributed by atoms with Crippen molar-refractivity contribution in [2.24, 2.45) is 0 Å². The predicted octanol–water partition coefficient (Wildman–Crippen LogP) is -0.724. The Kier molecular flexibility index (Phi) is 5.47. The van der Waals surface area contributed by atoms with E-state index >= 15 is 0 Å². The lowest BCUT2D eigenvalue weighted by Crippen LogP contribution is -2.54. The van der Waals surface area contributed by atoms with Crippen LogP contribution in [0.15, 0.2) is 30.3 Å². The number of rotatable bonds is 6. The highest BCUT2D eigenvalue weighted by atomic mass is 16.3. The molecule has 0 fully saturated rings. The van der Waals surface area contributed by atoms with Crippen LogP contribution < -0.4 is 10.6 Å². The molecule has 0 radical (unpaired) electrons. The lowest BCUT2D eigenvalue weighted by atomic mass is 10.1. The highest BCUT2D eigenvalue weighted by molar-refractivity contribution is 5.96. The topological polar surface area (TPSA) is 98.7 Å². The van der Waals surface area contributed by atoms with Gasteiger partial charge in [0, 0.05) is 5.56 Å². The van der Waals surface area contributed by atoms with Crippen LogP contribution in [0.5, 0.6) is 0 Å². The third-order valence-corrected chi connectivity index (χ3v) is 2.58. The van der Waals surface area contributed by atoms with Gasteiger partial charge in [0.1, 0.15) is 0 Å². The summed E-state index contributed by atoms with van der Waals surface area (Å²) in [5.74, 6) is -0.833. The molecule has 0 aliphatic carbocycles. The molecule has 0 saturated carbocycles. The number of carbonyl (C=O) groups excluding carboxylic acids is 2. The van der Waals surface area contributed by atoms with E-state index in [-0.39, 0.29) is 25.7 Å². The van der Waals surface area contributed by atoms with Crippen molar-refractivity contribution in [1.82, 2.24) is 10.6 Å². The van der Waals surface area contributed by atoms with Gasteiger partial charge in [-0.1, -0.05) is 18.2 Å². The molecule has 0 aliphatic heterocycles. The van der Waals surface area contributed by atoms with Crippen LogP contribution in [0.25, 0.3) is 0 Å². The van der Waals surface area contributed by atoms with Crippen molar-refractivity contribution < 1.29 is 19.8 Å². The number of aliphatic hydroxyl groups excluding tert-OH is 2. The van der Waals surface area contributed by atoms with Crippen molar-refractivity contribution in [3.8, 4) is 0 Å². The fourth-order valence-electron chi connectivity index (χ4n) is 1.36. The first-order chi connectivity index (χ1) is 9.00. The number of benzene rings is 1. The average Bonchev–Trinajstić information content (AvgIpc) is 2.45. The lowest BCUT2D eigenvalue weighted by Gasteiger charge is -2.26. The van der Waals surface area contributed by atoms with Crippen molar-refractivity contribution in [3.05, 3.63) is 35.9 Å². The van der Waals surface area contributed by atoms with Gasteiger partial charge in [0.25, 0.3) is 5.91 Å². The highest BCUT2D eigenvalue weighted by Crippen LogP contribution is 2.00. The van der Waals surface area contributed by atoms with Crippen LogP contribution in [0.4, 0.5) is 0 Å². The minimum Gasteiger partial charge on any atom is -0.394 e. The highest BCUT2D eigenvalue weighted by Gasteiger charge is 2.24. The van der Waals surface area contributed by atoms with E-state index in [2.05, 4.69) is 10.6 Å². The monoisotopic (exact) mass is 266 g/mol. The first-order valence-electron chi connectivity index (χ1n) is 5.87. The number of aliphatic hydroxyl groups is 2. The number of carbonyl (C=O) groups is 2. The first kappa shape index (κ1) is 15.1. The van der Waals surface area contributed by atoms with Crippen LogP contribution >= 0.6 is 0 Å². The molecule has 0 unspecified atom stereocenters. The standard InChI is InChI=1S/C13H18N2O4/c1-13(8-16,9-17)15-11(18)7-14-12(19)10-5-3-2-4-6-10/h2-6,16-17H,7-9H2,1H3,(H,14,19)(H,15,18). The van der Waals surface area contributed by atoms with Gasteiger partial charge in [-0.2, -0.15) is 0 Å². The molecule has 19 heavy (non-hydrogen) atoms. The molecule has 0 aromatic heterocycles. The van der Waals surface area contributed by atoms with Gasteiger partial charge in [0.15, 0.2) is 0 Å². The van der Waals surface area contributed by atoms with Crippen LogP contribution in [0.3, 0.4) is 0 Å². The second-order valence-corrected chi connectivity index (χ2v) is 4.47. The van der Waals surface area contributed by atoms with Gasteiger partial charge < -0.3 is 20.8 Å². The summed E-state index contributed by atoms with van der Waals surface area (Å²) in [5, 5.41) is 23.0. The minimum absolute atomic E-state index is 0.219. The summed E-state index contributed by atoms with van der Waals surface area (Å²) in [7, 11) is 0. The van der Waals surface area contributed by atoms with E-state index in [1.165, 1.54) is 6.92 Å². The van der Waals surface area contributed by atoms with Gasteiger partial charge in [-0.3, -0.25) is 9.59 Å². The molecule has 6 heteroatoms. The van der Waals surface area contributed by atoms with Crippen LogP contribution in [0.2, 0.25) is 0 Å². The largest absolute Gasteiger partial charge is 0.394 e. The number of nitrogens with one attached hydrogen (secondary N) is 2. The van der Waals surface area contributed by atoms with E-state index in [1.54, 1.807) is 30.3 Å². The fraction of sp³-hybridized carbons (Fsp3) is 0.385. The van der Waals surface area contributed by atoms with Gasteiger partial charge in [-0.25, -0.2) is 0 Å². The molecule has 1 aromatic carbocycles. The van der Waals surface area contributed by atoms with Gasteiger partial charge in [0.2, 0.25) is 5.91 Å². The molecule has 6 nitrogen and oxygen atoms in total. The predicted molar refractivity (Wildman–Crippen MR) is 69.5 cm³/mol. The van der Waals surface area contributed by atoms with E-state index in [0.29, 0.717) is 5.56 Å². The molecule has 0 aliphatic rings. The Balaban J connectivity index is 2.45. The Hall–Kier alpha value is -1.92. The molecule has 0 bridgehead atoms. The number of amides is 2. The summed E-state index contributed by atoms with van der Waals surface area (Å²) in [4.78, 5) is 23.2. The molecule has 4 N–H and O–H groups in total. The fourth-order valence-corrected chi connectivity index (χ4v) is 1.36. The molecular weight excluding hydrogens is 248 g/mol. The summed E-state index contributed by atoms with van der Waals surface area (Å²) in [5.41, 5.74) is -0.628. The van der Waals surface area contributed by atoms with Gasteiger partial charge in [0.05, 0.1) is 25.3 Å². The summed E-state index contributed by atoms with van der Waals surface area (Å²) >= 11 is 0. The molecule has 1 rings (SSSR count). The van der Waals surface area contributed by atoms with Gasteiger partial charge in [-0.05, 0) is 19.1 Å². The first-order valence-corrected chi connectivity index (χ1v) is 5.87. The van der Waals surface area contributed by atoms with Gasteiger partial charge >= 0.3 is 0 Å². The van der Waals surface area contributed by atoms with Gasteiger partial charge in [-0.15, -0.1) is 0 Å². The Bertz CT molecular complexity index is 430. The Labute approximate surface area is 111 Å². The van der Waals surface area contributed by atoms with Crippen molar-refractivity contribution in [2.75, 3.05) is 19.8 Å². The van der Waals surface area contributed by atoms with E-state index in [1.807, 2.05) is 0 Å². The Morgan fingerprint density at radius 2 is 1.74 bits per heavy atom. The summed E-state index contributed by atoms with van der Waals surface area (Å²) in [6.45, 7) is 0.511. The van der Waals surface area contributed by atoms with E-state index in [0.717, 1.165) is 0 Å². The van der Waals surface area contributed by atoms with Crippen molar-refractivity contribution in [2.45, 2.75) is 12.5 Å². The summed E-state index contributed by atoms with van der Waals surface area (Å²) < 4.78 is 0. The van der Waals surface area contributed by atoms with Crippen LogP contribution in [-0.4, -0.2) is 47.3 Å². The van der Waals surface area contributed by atoms with E-state index < -0.39 is 11.4 Å². The maximum absolute atomic E-state index is 11.7. The second-order valence-electron chi connectivity index (χ2n) is 4.47. The molecule has 0 atom stereocenters. The number of hydrogen-bond donors (Lipinski definition) is 4. The molecule has 104 valence electrons. The quantitative estimate of drug-likeness (QED) is 0.546. The smallest absolute Gasteiger partial charge is 0.251 e. The zero-order chi connectivity index (χ0) is 14.3. The lowest BCUT2D eigenvalue weighted by molar-refractivity contribution is -0.123. The Morgan fingerprint density at radius 1 is 1.16 bits per heavy atom. The Morgan fingerprint density at radius 3 is 2.26 bits per heavy atom. The van der Waals surface area contributed by atoms with Crippen LogP contribution in [-0.2, 0) is 4.79 Å². The van der Waals surface area contributed by atoms with E-state index in [4.69, 9.17) is 10.2 Å². The zero-order valence-corrected chi connectivity index (χ0v) is 10.7. The SMILES string of the molecule is CC(CO)(CO)NC(=O)CNC(=O)c1ccccc1. The normalized spacial score (nSPS) is 10.9. The van der Waals surface area contributed by atoms with Crippen molar-refractivity contribution >= 4 is 11.8 Å². The van der Waals surface area contributed by atoms with Crippen molar-refractivity contribution in [1.29, 1.82) is 0 Å². The average molecular weight is 266 g/mol. The molecule has 0 saturated heterocycles.